The standard InChI is InChI=1S/C25H43N7O7/c1-13(2)20(23(37)28-11-18(34)26-7)31-19(35)12-27-22(36)17-9-8-10-32(17)25(39)15(5)29-24(38)21(14(3)4)30-16(6)33/h13-15,17,20-21H,8-12H2,1-7H3,(H,26,34)(H,27,36)(H,28,37)(H,29,38)(H,30,33)(H,31,35)/t15-,17-,20-,21-/m0/s1. The number of likely N-dealkylation sites (tertiary alicyclic amines) is 1. The lowest BCUT2D eigenvalue weighted by molar-refractivity contribution is -0.141. The lowest BCUT2D eigenvalue weighted by Crippen LogP contribution is -2.57. The highest BCUT2D eigenvalue weighted by atomic mass is 16.2. The monoisotopic (exact) mass is 553 g/mol. The van der Waals surface area contributed by atoms with Crippen molar-refractivity contribution in [2.45, 2.75) is 78.6 Å². The molecule has 0 aromatic carbocycles. The molecule has 1 heterocycles. The smallest absolute Gasteiger partial charge is 0.245 e. The van der Waals surface area contributed by atoms with Gasteiger partial charge >= 0.3 is 0 Å². The zero-order valence-electron chi connectivity index (χ0n) is 23.8. The van der Waals surface area contributed by atoms with Crippen LogP contribution in [0.5, 0.6) is 0 Å². The highest BCUT2D eigenvalue weighted by Crippen LogP contribution is 2.18. The van der Waals surface area contributed by atoms with E-state index in [1.165, 1.54) is 25.8 Å². The molecular weight excluding hydrogens is 510 g/mol. The Labute approximate surface area is 229 Å². The van der Waals surface area contributed by atoms with Gasteiger partial charge in [-0.2, -0.15) is 0 Å². The number of rotatable bonds is 13. The zero-order chi connectivity index (χ0) is 29.9. The molecule has 6 N–H and O–H groups in total. The van der Waals surface area contributed by atoms with Crippen molar-refractivity contribution in [3.05, 3.63) is 0 Å². The van der Waals surface area contributed by atoms with E-state index in [9.17, 15) is 33.6 Å². The van der Waals surface area contributed by atoms with Gasteiger partial charge in [0.2, 0.25) is 41.4 Å². The molecule has 0 unspecified atom stereocenters. The molecule has 4 atom stereocenters. The summed E-state index contributed by atoms with van der Waals surface area (Å²) in [6, 6.07) is -3.49. The van der Waals surface area contributed by atoms with Crippen molar-refractivity contribution >= 4 is 41.4 Å². The number of likely N-dealkylation sites (N-methyl/N-ethyl adjacent to an activating group) is 1. The van der Waals surface area contributed by atoms with Crippen molar-refractivity contribution < 1.29 is 33.6 Å². The molecule has 220 valence electrons. The van der Waals surface area contributed by atoms with Crippen LogP contribution in [0.4, 0.5) is 0 Å². The summed E-state index contributed by atoms with van der Waals surface area (Å²) in [4.78, 5) is 87.6. The van der Waals surface area contributed by atoms with Crippen molar-refractivity contribution in [3.63, 3.8) is 0 Å². The Kier molecular flexibility index (Phi) is 13.4. The molecule has 1 saturated heterocycles. The van der Waals surface area contributed by atoms with E-state index in [1.807, 2.05) is 0 Å². The topological polar surface area (TPSA) is 195 Å². The van der Waals surface area contributed by atoms with E-state index in [0.717, 1.165) is 0 Å². The molecule has 1 rings (SSSR count). The first kappa shape index (κ1) is 33.3. The number of hydrogen-bond donors (Lipinski definition) is 6. The summed E-state index contributed by atoms with van der Waals surface area (Å²) in [7, 11) is 1.44. The van der Waals surface area contributed by atoms with Gasteiger partial charge in [0.1, 0.15) is 24.2 Å². The molecule has 0 saturated carbocycles. The van der Waals surface area contributed by atoms with Crippen LogP contribution in [0.2, 0.25) is 0 Å². The summed E-state index contributed by atoms with van der Waals surface area (Å²) in [6.07, 6.45) is 0.953. The van der Waals surface area contributed by atoms with Gasteiger partial charge < -0.3 is 36.8 Å². The Morgan fingerprint density at radius 3 is 1.87 bits per heavy atom. The maximum absolute atomic E-state index is 13.1. The van der Waals surface area contributed by atoms with Crippen LogP contribution in [0, 0.1) is 11.8 Å². The molecule has 39 heavy (non-hydrogen) atoms. The van der Waals surface area contributed by atoms with E-state index >= 15 is 0 Å². The number of hydrogen-bond acceptors (Lipinski definition) is 7. The number of nitrogens with one attached hydrogen (secondary N) is 6. The van der Waals surface area contributed by atoms with Crippen molar-refractivity contribution in [3.8, 4) is 0 Å². The first-order valence-corrected chi connectivity index (χ1v) is 13.1. The Morgan fingerprint density at radius 1 is 0.769 bits per heavy atom. The SMILES string of the molecule is CNC(=O)CNC(=O)[C@@H](NC(=O)CNC(=O)[C@@H]1CCCN1C(=O)[C@H](C)NC(=O)[C@@H](NC(C)=O)C(C)C)C(C)C. The van der Waals surface area contributed by atoms with Gasteiger partial charge in [0.25, 0.3) is 0 Å². The van der Waals surface area contributed by atoms with Crippen molar-refractivity contribution in [2.24, 2.45) is 11.8 Å². The minimum Gasteiger partial charge on any atom is -0.358 e. The van der Waals surface area contributed by atoms with Crippen LogP contribution < -0.4 is 31.9 Å². The Bertz CT molecular complexity index is 938. The number of carbonyl (C=O) groups excluding carboxylic acids is 7. The summed E-state index contributed by atoms with van der Waals surface area (Å²) in [6.45, 7) is 9.46. The van der Waals surface area contributed by atoms with Gasteiger partial charge in [0.15, 0.2) is 0 Å². The second-order valence-electron chi connectivity index (χ2n) is 10.2. The second kappa shape index (κ2) is 15.6. The number of amides is 7. The fourth-order valence-electron chi connectivity index (χ4n) is 4.08. The van der Waals surface area contributed by atoms with Gasteiger partial charge in [-0.1, -0.05) is 27.7 Å². The zero-order valence-corrected chi connectivity index (χ0v) is 23.8. The van der Waals surface area contributed by atoms with Crippen LogP contribution in [-0.2, 0) is 33.6 Å². The van der Waals surface area contributed by atoms with Crippen LogP contribution in [-0.4, -0.2) is 97.1 Å². The molecule has 1 fully saturated rings. The molecule has 7 amide bonds. The normalized spacial score (nSPS) is 17.1. The molecule has 0 aromatic heterocycles. The van der Waals surface area contributed by atoms with Crippen LogP contribution in [0.15, 0.2) is 0 Å². The summed E-state index contributed by atoms with van der Waals surface area (Å²) < 4.78 is 0. The van der Waals surface area contributed by atoms with Crippen LogP contribution >= 0.6 is 0 Å². The number of nitrogens with zero attached hydrogens (tertiary/aromatic N) is 1. The van der Waals surface area contributed by atoms with Crippen LogP contribution in [0.3, 0.4) is 0 Å². The third-order valence-electron chi connectivity index (χ3n) is 6.27. The van der Waals surface area contributed by atoms with Crippen molar-refractivity contribution in [2.75, 3.05) is 26.7 Å². The minimum atomic E-state index is -0.940. The van der Waals surface area contributed by atoms with Crippen molar-refractivity contribution in [1.29, 1.82) is 0 Å². The first-order chi connectivity index (χ1) is 18.2. The number of carbonyl (C=O) groups is 7. The predicted molar refractivity (Wildman–Crippen MR) is 142 cm³/mol. The lowest BCUT2D eigenvalue weighted by atomic mass is 10.0. The fourth-order valence-corrected chi connectivity index (χ4v) is 4.08. The van der Waals surface area contributed by atoms with E-state index in [0.29, 0.717) is 19.4 Å². The molecule has 1 aliphatic rings. The quantitative estimate of drug-likeness (QED) is 0.148. The maximum atomic E-state index is 13.1. The van der Waals surface area contributed by atoms with E-state index in [4.69, 9.17) is 0 Å². The third kappa shape index (κ3) is 10.5. The van der Waals surface area contributed by atoms with Gasteiger partial charge in [0, 0.05) is 20.5 Å². The van der Waals surface area contributed by atoms with Gasteiger partial charge in [-0.3, -0.25) is 33.6 Å². The van der Waals surface area contributed by atoms with E-state index in [-0.39, 0.29) is 30.2 Å². The third-order valence-corrected chi connectivity index (χ3v) is 6.27. The maximum Gasteiger partial charge on any atom is 0.245 e. The summed E-state index contributed by atoms with van der Waals surface area (Å²) in [5, 5.41) is 15.1. The summed E-state index contributed by atoms with van der Waals surface area (Å²) in [5.74, 6) is -3.87. The first-order valence-electron chi connectivity index (χ1n) is 13.1. The molecule has 0 radical (unpaired) electrons. The van der Waals surface area contributed by atoms with Gasteiger partial charge in [-0.05, 0) is 31.6 Å². The molecular formula is C25H43N7O7. The molecule has 0 bridgehead atoms. The Morgan fingerprint density at radius 2 is 1.33 bits per heavy atom. The van der Waals surface area contributed by atoms with Crippen LogP contribution in [0.1, 0.15) is 54.4 Å². The van der Waals surface area contributed by atoms with Gasteiger partial charge in [-0.15, -0.1) is 0 Å². The molecule has 14 nitrogen and oxygen atoms in total. The largest absolute Gasteiger partial charge is 0.358 e. The van der Waals surface area contributed by atoms with E-state index < -0.39 is 60.2 Å². The van der Waals surface area contributed by atoms with Gasteiger partial charge in [-0.25, -0.2) is 0 Å². The Balaban J connectivity index is 2.71. The summed E-state index contributed by atoms with van der Waals surface area (Å²) >= 11 is 0. The molecule has 0 spiro atoms. The molecule has 0 aliphatic carbocycles. The minimum absolute atomic E-state index is 0.204. The summed E-state index contributed by atoms with van der Waals surface area (Å²) in [5.41, 5.74) is 0. The van der Waals surface area contributed by atoms with Gasteiger partial charge in [0.05, 0.1) is 13.1 Å². The van der Waals surface area contributed by atoms with E-state index in [2.05, 4.69) is 31.9 Å². The molecule has 14 heteroatoms. The second-order valence-corrected chi connectivity index (χ2v) is 10.2. The van der Waals surface area contributed by atoms with Crippen molar-refractivity contribution in [1.82, 2.24) is 36.8 Å². The Hall–Kier alpha value is -3.71. The predicted octanol–water partition coefficient (Wildman–Crippen LogP) is -2.24. The molecule has 1 aliphatic heterocycles. The van der Waals surface area contributed by atoms with E-state index in [1.54, 1.807) is 27.7 Å². The highest BCUT2D eigenvalue weighted by molar-refractivity contribution is 5.96. The van der Waals surface area contributed by atoms with Crippen LogP contribution in [0.25, 0.3) is 0 Å². The fraction of sp³-hybridized carbons (Fsp3) is 0.720. The average molecular weight is 554 g/mol. The molecule has 0 aromatic rings. The highest BCUT2D eigenvalue weighted by Gasteiger charge is 2.37. The average Bonchev–Trinajstić information content (AvgIpc) is 3.36. The lowest BCUT2D eigenvalue weighted by Gasteiger charge is -2.29.